The Bertz CT molecular complexity index is 813. The zero-order chi connectivity index (χ0) is 18.4. The van der Waals surface area contributed by atoms with Gasteiger partial charge in [0.25, 0.3) is 5.69 Å². The van der Waals surface area contributed by atoms with Crippen LogP contribution in [-0.4, -0.2) is 53.2 Å². The first-order valence-electron chi connectivity index (χ1n) is 7.16. The first-order valence-corrected chi connectivity index (χ1v) is 7.16. The van der Waals surface area contributed by atoms with Crippen LogP contribution in [0.3, 0.4) is 0 Å². The molecule has 1 aromatic carbocycles. The number of carbonyl (C=O) groups is 2. The van der Waals surface area contributed by atoms with Gasteiger partial charge in [-0.15, -0.1) is 0 Å². The Morgan fingerprint density at radius 2 is 2.32 bits per heavy atom. The van der Waals surface area contributed by atoms with Crippen molar-refractivity contribution in [2.45, 2.75) is 5.54 Å². The Morgan fingerprint density at radius 3 is 2.96 bits per heavy atom. The molecule has 0 bridgehead atoms. The van der Waals surface area contributed by atoms with E-state index in [1.807, 2.05) is 5.32 Å². The van der Waals surface area contributed by atoms with Gasteiger partial charge >= 0.3 is 6.09 Å². The quantitative estimate of drug-likeness (QED) is 0.593. The number of rotatable bonds is 2. The molecule has 2 atom stereocenters. The molecule has 2 N–H and O–H groups in total. The van der Waals surface area contributed by atoms with Gasteiger partial charge in [0.1, 0.15) is 11.4 Å². The molecule has 1 fully saturated rings. The van der Waals surface area contributed by atoms with E-state index in [9.17, 15) is 24.1 Å². The zero-order valence-corrected chi connectivity index (χ0v) is 12.9. The maximum absolute atomic E-state index is 14.5. The van der Waals surface area contributed by atoms with Crippen LogP contribution in [0.2, 0.25) is 0 Å². The van der Waals surface area contributed by atoms with E-state index in [4.69, 9.17) is 9.84 Å². The van der Waals surface area contributed by atoms with E-state index in [-0.39, 0.29) is 30.4 Å². The van der Waals surface area contributed by atoms with E-state index in [1.165, 1.54) is 7.05 Å². The van der Waals surface area contributed by atoms with E-state index in [2.05, 4.69) is 4.99 Å². The van der Waals surface area contributed by atoms with Gasteiger partial charge < -0.3 is 9.84 Å². The number of nitrogens with zero attached hydrogens (tertiary/aromatic N) is 3. The summed E-state index contributed by atoms with van der Waals surface area (Å²) in [6, 6.07) is 2.91. The van der Waals surface area contributed by atoms with Gasteiger partial charge in [0.15, 0.2) is 0 Å². The SMILES string of the molecule is CN1C(=O)[C@@H]2COC[C@@]2(c2cc([N+](=O)[O-])ccc2F)N=C1NC(=O)O. The van der Waals surface area contributed by atoms with Crippen molar-refractivity contribution in [1.82, 2.24) is 10.2 Å². The molecule has 2 aliphatic rings. The summed E-state index contributed by atoms with van der Waals surface area (Å²) in [5, 5.41) is 21.9. The van der Waals surface area contributed by atoms with Crippen LogP contribution in [-0.2, 0) is 15.1 Å². The Labute approximate surface area is 140 Å². The minimum Gasteiger partial charge on any atom is -0.465 e. The second-order valence-corrected chi connectivity index (χ2v) is 5.68. The molecule has 11 heteroatoms. The second kappa shape index (κ2) is 5.77. The molecular formula is C14H13FN4O6. The van der Waals surface area contributed by atoms with Crippen molar-refractivity contribution in [2.24, 2.45) is 10.9 Å². The van der Waals surface area contributed by atoms with Crippen LogP contribution in [0.25, 0.3) is 0 Å². The highest BCUT2D eigenvalue weighted by Gasteiger charge is 2.55. The zero-order valence-electron chi connectivity index (χ0n) is 12.9. The summed E-state index contributed by atoms with van der Waals surface area (Å²) >= 11 is 0. The first-order chi connectivity index (χ1) is 11.8. The van der Waals surface area contributed by atoms with Gasteiger partial charge in [-0.25, -0.2) is 14.2 Å². The number of nitro benzene ring substituents is 1. The minimum absolute atomic E-state index is 0.0604. The van der Waals surface area contributed by atoms with Gasteiger partial charge in [-0.2, -0.15) is 0 Å². The van der Waals surface area contributed by atoms with E-state index in [1.54, 1.807) is 0 Å². The minimum atomic E-state index is -1.57. The maximum atomic E-state index is 14.5. The molecule has 0 radical (unpaired) electrons. The van der Waals surface area contributed by atoms with Crippen LogP contribution in [0.4, 0.5) is 14.9 Å². The van der Waals surface area contributed by atoms with Crippen molar-refractivity contribution in [3.05, 3.63) is 39.7 Å². The molecule has 0 unspecified atom stereocenters. The average Bonchev–Trinajstić information content (AvgIpc) is 2.97. The van der Waals surface area contributed by atoms with Gasteiger partial charge in [-0.1, -0.05) is 0 Å². The van der Waals surface area contributed by atoms with Gasteiger partial charge in [-0.3, -0.25) is 25.1 Å². The summed E-state index contributed by atoms with van der Waals surface area (Å²) in [6.07, 6.45) is -1.45. The second-order valence-electron chi connectivity index (χ2n) is 5.68. The Balaban J connectivity index is 2.21. The van der Waals surface area contributed by atoms with Crippen LogP contribution >= 0.6 is 0 Å². The monoisotopic (exact) mass is 352 g/mol. The lowest BCUT2D eigenvalue weighted by Crippen LogP contribution is -2.56. The highest BCUT2D eigenvalue weighted by molar-refractivity contribution is 6.05. The average molecular weight is 352 g/mol. The first kappa shape index (κ1) is 16.8. The smallest absolute Gasteiger partial charge is 0.411 e. The number of benzene rings is 1. The molecule has 2 heterocycles. The van der Waals surface area contributed by atoms with Gasteiger partial charge in [0.05, 0.1) is 24.1 Å². The highest BCUT2D eigenvalue weighted by atomic mass is 19.1. The largest absolute Gasteiger partial charge is 0.465 e. The molecule has 1 aromatic rings. The van der Waals surface area contributed by atoms with E-state index < -0.39 is 34.2 Å². The van der Waals surface area contributed by atoms with Gasteiger partial charge in [-0.05, 0) is 6.07 Å². The molecule has 0 aliphatic carbocycles. The topological polar surface area (TPSA) is 134 Å². The van der Waals surface area contributed by atoms with Crippen molar-refractivity contribution in [3.63, 3.8) is 0 Å². The number of aliphatic imine (C=N–C) groups is 1. The Morgan fingerprint density at radius 1 is 1.60 bits per heavy atom. The van der Waals surface area contributed by atoms with E-state index >= 15 is 0 Å². The number of guanidine groups is 1. The number of nitro groups is 1. The number of carboxylic acid groups (broad SMARTS) is 1. The van der Waals surface area contributed by atoms with Crippen LogP contribution in [0, 0.1) is 21.8 Å². The molecule has 3 rings (SSSR count). The number of carbonyl (C=O) groups excluding carboxylic acids is 1. The molecule has 132 valence electrons. The number of non-ortho nitro benzene ring substituents is 1. The lowest BCUT2D eigenvalue weighted by molar-refractivity contribution is -0.385. The molecule has 1 saturated heterocycles. The molecule has 0 aromatic heterocycles. The number of fused-ring (bicyclic) bond motifs is 1. The van der Waals surface area contributed by atoms with E-state index in [0.717, 1.165) is 23.1 Å². The Kier molecular flexibility index (Phi) is 3.87. The van der Waals surface area contributed by atoms with Crippen molar-refractivity contribution in [3.8, 4) is 0 Å². The van der Waals surface area contributed by atoms with Crippen molar-refractivity contribution in [1.29, 1.82) is 0 Å². The maximum Gasteiger partial charge on any atom is 0.411 e. The molecule has 0 saturated carbocycles. The summed E-state index contributed by atoms with van der Waals surface area (Å²) in [5.74, 6) is -2.54. The normalized spacial score (nSPS) is 25.4. The fourth-order valence-corrected chi connectivity index (χ4v) is 3.05. The van der Waals surface area contributed by atoms with Crippen molar-refractivity contribution in [2.75, 3.05) is 20.3 Å². The predicted octanol–water partition coefficient (Wildman–Crippen LogP) is 0.671. The summed E-state index contributed by atoms with van der Waals surface area (Å²) in [7, 11) is 1.32. The van der Waals surface area contributed by atoms with Crippen molar-refractivity contribution < 1.29 is 28.7 Å². The number of hydrogen-bond acceptors (Lipinski definition) is 6. The number of nitrogens with one attached hydrogen (secondary N) is 1. The fraction of sp³-hybridized carbons (Fsp3) is 0.357. The number of halogens is 1. The third-order valence-electron chi connectivity index (χ3n) is 4.28. The third kappa shape index (κ3) is 2.58. The lowest BCUT2D eigenvalue weighted by Gasteiger charge is -2.37. The molecule has 25 heavy (non-hydrogen) atoms. The number of ether oxygens (including phenoxy) is 1. The summed E-state index contributed by atoms with van der Waals surface area (Å²) < 4.78 is 19.8. The molecule has 2 aliphatic heterocycles. The summed E-state index contributed by atoms with van der Waals surface area (Å²) in [6.45, 7) is -0.269. The van der Waals surface area contributed by atoms with Gasteiger partial charge in [0.2, 0.25) is 11.9 Å². The summed E-state index contributed by atoms with van der Waals surface area (Å²) in [4.78, 5) is 39.1. The predicted molar refractivity (Wildman–Crippen MR) is 80.4 cm³/mol. The number of amides is 2. The molecule has 0 spiro atoms. The molecule has 10 nitrogen and oxygen atoms in total. The summed E-state index contributed by atoms with van der Waals surface area (Å²) in [5.41, 5.74) is -2.13. The molecular weight excluding hydrogens is 339 g/mol. The van der Waals surface area contributed by atoms with Crippen molar-refractivity contribution >= 4 is 23.6 Å². The van der Waals surface area contributed by atoms with Crippen LogP contribution in [0.1, 0.15) is 5.56 Å². The molecule has 2 amide bonds. The standard InChI is InChI=1S/C14H13FN4O6/c1-18-11(20)9-5-25-6-14(9,17-12(18)16-13(21)22)8-4-7(19(23)24)2-3-10(8)15/h2-4,9H,5-6H2,1H3,(H,16,17)(H,21,22)/t9-,14-/m0/s1. The van der Waals surface area contributed by atoms with E-state index in [0.29, 0.717) is 0 Å². The van der Waals surface area contributed by atoms with Crippen LogP contribution < -0.4 is 5.32 Å². The van der Waals surface area contributed by atoms with Crippen LogP contribution in [0.15, 0.2) is 23.2 Å². The third-order valence-corrected chi connectivity index (χ3v) is 4.28. The Hall–Kier alpha value is -3.08. The van der Waals surface area contributed by atoms with Gasteiger partial charge in [0, 0.05) is 24.7 Å². The van der Waals surface area contributed by atoms with Crippen LogP contribution in [0.5, 0.6) is 0 Å². The highest BCUT2D eigenvalue weighted by Crippen LogP contribution is 2.44. The fourth-order valence-electron chi connectivity index (χ4n) is 3.05. The lowest BCUT2D eigenvalue weighted by atomic mass is 9.78. The number of hydrogen-bond donors (Lipinski definition) is 2.